The minimum Gasteiger partial charge on any atom is -0.377 e. The van der Waals surface area contributed by atoms with Crippen molar-refractivity contribution in [3.05, 3.63) is 30.3 Å². The molecule has 0 saturated heterocycles. The summed E-state index contributed by atoms with van der Waals surface area (Å²) in [7, 11) is -3.73. The number of benzene rings is 1. The Morgan fingerprint density at radius 2 is 1.11 bits per heavy atom. The lowest BCUT2D eigenvalue weighted by atomic mass is 10.4. The van der Waals surface area contributed by atoms with Crippen LogP contribution in [0.2, 0.25) is 0 Å². The van der Waals surface area contributed by atoms with Crippen molar-refractivity contribution < 1.29 is 36.3 Å². The summed E-state index contributed by atoms with van der Waals surface area (Å²) in [4.78, 5) is 0.132. The lowest BCUT2D eigenvalue weighted by molar-refractivity contribution is -0.0185. The van der Waals surface area contributed by atoms with Crippen molar-refractivity contribution >= 4 is 10.1 Å². The summed E-state index contributed by atoms with van der Waals surface area (Å²) < 4.78 is 55.3. The van der Waals surface area contributed by atoms with Crippen LogP contribution in [0.25, 0.3) is 0 Å². The molecule has 1 aromatic carbocycles. The summed E-state index contributed by atoms with van der Waals surface area (Å²) in [5, 5.41) is 0. The van der Waals surface area contributed by atoms with E-state index in [9.17, 15) is 8.42 Å². The number of hydrogen-bond donors (Lipinski definition) is 0. The van der Waals surface area contributed by atoms with Crippen molar-refractivity contribution in [1.82, 2.24) is 0 Å². The molecule has 0 amide bonds. The molecule has 0 aliphatic rings. The van der Waals surface area contributed by atoms with Crippen LogP contribution in [0.3, 0.4) is 0 Å². The van der Waals surface area contributed by atoms with Crippen molar-refractivity contribution in [3.8, 4) is 0 Å². The van der Waals surface area contributed by atoms with E-state index in [-0.39, 0.29) is 24.2 Å². The molecule has 1 rings (SSSR count). The molecular weight excluding hydrogens is 388 g/mol. The van der Waals surface area contributed by atoms with Gasteiger partial charge < -0.3 is 23.7 Å². The molecule has 0 saturated carbocycles. The molecule has 1 aromatic rings. The van der Waals surface area contributed by atoms with Gasteiger partial charge in [0.25, 0.3) is 10.1 Å². The van der Waals surface area contributed by atoms with Gasteiger partial charge in [-0.05, 0) is 26.0 Å². The summed E-state index contributed by atoms with van der Waals surface area (Å²) in [6.45, 7) is 7.97. The molecule has 0 unspecified atom stereocenters. The summed E-state index contributed by atoms with van der Waals surface area (Å²) in [5.41, 5.74) is 0. The molecule has 0 aliphatic heterocycles. The van der Waals surface area contributed by atoms with Crippen molar-refractivity contribution in [2.45, 2.75) is 24.8 Å². The Hall–Kier alpha value is -1.07. The van der Waals surface area contributed by atoms with Gasteiger partial charge in [0, 0.05) is 0 Å². The molecule has 0 aromatic heterocycles. The maximum atomic E-state index is 11.9. The molecule has 0 fully saturated rings. The molecule has 0 radical (unpaired) electrons. The second-order valence-electron chi connectivity index (χ2n) is 5.96. The van der Waals surface area contributed by atoms with Crippen LogP contribution >= 0.6 is 0 Å². The molecule has 8 nitrogen and oxygen atoms in total. The maximum absolute atomic E-state index is 11.9. The van der Waals surface area contributed by atoms with Crippen LogP contribution in [0.5, 0.6) is 0 Å². The van der Waals surface area contributed by atoms with Crippen LogP contribution in [-0.2, 0) is 38.0 Å². The normalized spacial score (nSPS) is 12.0. The van der Waals surface area contributed by atoms with Crippen molar-refractivity contribution in [3.63, 3.8) is 0 Å². The largest absolute Gasteiger partial charge is 0.377 e. The molecule has 28 heavy (non-hydrogen) atoms. The van der Waals surface area contributed by atoms with Crippen LogP contribution in [0.1, 0.15) is 13.8 Å². The van der Waals surface area contributed by atoms with Gasteiger partial charge in [-0.15, -0.1) is 0 Å². The molecule has 0 bridgehead atoms. The van der Waals surface area contributed by atoms with Crippen LogP contribution in [-0.4, -0.2) is 80.6 Å². The summed E-state index contributed by atoms with van der Waals surface area (Å²) in [6, 6.07) is 8.00. The van der Waals surface area contributed by atoms with Crippen LogP contribution < -0.4 is 0 Å². The highest BCUT2D eigenvalue weighted by atomic mass is 32.2. The molecule has 0 atom stereocenters. The van der Waals surface area contributed by atoms with E-state index in [2.05, 4.69) is 0 Å². The fourth-order valence-electron chi connectivity index (χ4n) is 1.96. The van der Waals surface area contributed by atoms with Crippen molar-refractivity contribution in [2.75, 3.05) is 66.1 Å². The fourth-order valence-corrected chi connectivity index (χ4v) is 2.88. The van der Waals surface area contributed by atoms with Crippen molar-refractivity contribution in [1.29, 1.82) is 0 Å². The van der Waals surface area contributed by atoms with E-state index in [0.29, 0.717) is 52.9 Å². The van der Waals surface area contributed by atoms with Gasteiger partial charge in [-0.1, -0.05) is 18.2 Å². The standard InChI is InChI=1S/C19H32O8S/c1-18(2)26-16-14-24-12-10-22-8-9-23-11-13-25-15-17-27-28(20,21)19-6-4-3-5-7-19/h3-7,18H,8-17H2,1-2H3. The molecular formula is C19H32O8S. The second-order valence-corrected chi connectivity index (χ2v) is 7.57. The third kappa shape index (κ3) is 13.2. The van der Waals surface area contributed by atoms with E-state index < -0.39 is 10.1 Å². The van der Waals surface area contributed by atoms with Gasteiger partial charge in [0.1, 0.15) is 0 Å². The van der Waals surface area contributed by atoms with Crippen molar-refractivity contribution in [2.24, 2.45) is 0 Å². The minimum atomic E-state index is -3.73. The SMILES string of the molecule is CC(C)OCCOCCOCCOCCOCCOS(=O)(=O)c1ccccc1. The van der Waals surface area contributed by atoms with Gasteiger partial charge in [0.2, 0.25) is 0 Å². The highest BCUT2D eigenvalue weighted by Crippen LogP contribution is 2.10. The lowest BCUT2D eigenvalue weighted by Gasteiger charge is -2.09. The predicted octanol–water partition coefficient (Wildman–Crippen LogP) is 1.88. The zero-order valence-corrected chi connectivity index (χ0v) is 17.5. The zero-order chi connectivity index (χ0) is 20.5. The third-order valence-electron chi connectivity index (χ3n) is 3.29. The van der Waals surface area contributed by atoms with E-state index in [4.69, 9.17) is 27.9 Å². The Labute approximate surface area is 168 Å². The van der Waals surface area contributed by atoms with Gasteiger partial charge >= 0.3 is 0 Å². The van der Waals surface area contributed by atoms with Gasteiger partial charge in [-0.3, -0.25) is 4.18 Å². The quantitative estimate of drug-likeness (QED) is 0.263. The molecule has 162 valence electrons. The first-order chi connectivity index (χ1) is 13.5. The molecule has 0 heterocycles. The second kappa shape index (κ2) is 15.8. The van der Waals surface area contributed by atoms with E-state index >= 15 is 0 Å². The van der Waals surface area contributed by atoms with E-state index in [1.165, 1.54) is 12.1 Å². The van der Waals surface area contributed by atoms with E-state index in [1.807, 2.05) is 13.8 Å². The molecule has 0 N–H and O–H groups in total. The first kappa shape index (κ1) is 25.0. The summed E-state index contributed by atoms with van der Waals surface area (Å²) in [5.74, 6) is 0. The van der Waals surface area contributed by atoms with Gasteiger partial charge in [0.05, 0.1) is 77.1 Å². The number of ether oxygens (including phenoxy) is 5. The third-order valence-corrected chi connectivity index (χ3v) is 4.62. The smallest absolute Gasteiger partial charge is 0.297 e. The molecule has 0 spiro atoms. The highest BCUT2D eigenvalue weighted by Gasteiger charge is 2.13. The molecule has 9 heteroatoms. The number of hydrogen-bond acceptors (Lipinski definition) is 8. The Kier molecular flexibility index (Phi) is 14.1. The van der Waals surface area contributed by atoms with Gasteiger partial charge in [-0.25, -0.2) is 0 Å². The molecule has 0 aliphatic carbocycles. The van der Waals surface area contributed by atoms with Crippen LogP contribution in [0.4, 0.5) is 0 Å². The maximum Gasteiger partial charge on any atom is 0.297 e. The fraction of sp³-hybridized carbons (Fsp3) is 0.684. The first-order valence-corrected chi connectivity index (χ1v) is 10.8. The highest BCUT2D eigenvalue weighted by molar-refractivity contribution is 7.86. The minimum absolute atomic E-state index is 0.0391. The van der Waals surface area contributed by atoms with E-state index in [0.717, 1.165) is 0 Å². The van der Waals surface area contributed by atoms with Crippen LogP contribution in [0, 0.1) is 0 Å². The first-order valence-electron chi connectivity index (χ1n) is 9.39. The van der Waals surface area contributed by atoms with E-state index in [1.54, 1.807) is 18.2 Å². The monoisotopic (exact) mass is 420 g/mol. The topological polar surface area (TPSA) is 89.5 Å². The predicted molar refractivity (Wildman–Crippen MR) is 104 cm³/mol. The Bertz CT molecular complexity index is 577. The number of rotatable bonds is 18. The average molecular weight is 421 g/mol. The van der Waals surface area contributed by atoms with Crippen LogP contribution in [0.15, 0.2) is 35.2 Å². The lowest BCUT2D eigenvalue weighted by Crippen LogP contribution is -2.15. The average Bonchev–Trinajstić information content (AvgIpc) is 2.68. The summed E-state index contributed by atoms with van der Waals surface area (Å²) >= 11 is 0. The zero-order valence-electron chi connectivity index (χ0n) is 16.7. The Morgan fingerprint density at radius 3 is 1.57 bits per heavy atom. The van der Waals surface area contributed by atoms with Gasteiger partial charge in [0.15, 0.2) is 0 Å². The summed E-state index contributed by atoms with van der Waals surface area (Å²) in [6.07, 6.45) is 0.218. The Morgan fingerprint density at radius 1 is 0.679 bits per heavy atom. The Balaban J connectivity index is 1.83. The van der Waals surface area contributed by atoms with Gasteiger partial charge in [-0.2, -0.15) is 8.42 Å².